The Balaban J connectivity index is 2.74. The van der Waals surface area contributed by atoms with E-state index in [1.165, 1.54) is 0 Å². The third-order valence-electron chi connectivity index (χ3n) is 1.73. The van der Waals surface area contributed by atoms with Gasteiger partial charge in [0.2, 0.25) is 0 Å². The first kappa shape index (κ1) is 7.91. The minimum atomic E-state index is -4.63. The summed E-state index contributed by atoms with van der Waals surface area (Å²) in [7, 11) is -4.63. The Morgan fingerprint density at radius 3 is 2.10 bits per heavy atom. The molecule has 0 saturated heterocycles. The molecule has 0 aromatic heterocycles. The molecule has 1 rings (SSSR count). The Hall–Kier alpha value is -0.190. The second kappa shape index (κ2) is 2.45. The second-order valence-corrected chi connectivity index (χ2v) is 4.02. The molecule has 0 heterocycles. The van der Waals surface area contributed by atoms with E-state index >= 15 is 0 Å². The molecule has 0 aromatic carbocycles. The zero-order valence-corrected chi connectivity index (χ0v) is 6.07. The van der Waals surface area contributed by atoms with Gasteiger partial charge in [0.15, 0.2) is 0 Å². The van der Waals surface area contributed by atoms with E-state index in [0.717, 1.165) is 0 Å². The molecule has 5 heteroatoms. The van der Waals surface area contributed by atoms with Crippen molar-refractivity contribution in [2.45, 2.75) is 30.7 Å². The van der Waals surface area contributed by atoms with Gasteiger partial charge in [0.1, 0.15) is 11.4 Å². The van der Waals surface area contributed by atoms with E-state index in [4.69, 9.17) is 0 Å². The van der Waals surface area contributed by atoms with Gasteiger partial charge in [-0.2, -0.15) is 8.42 Å². The van der Waals surface area contributed by atoms with Crippen LogP contribution in [-0.2, 0) is 10.2 Å². The van der Waals surface area contributed by atoms with Gasteiger partial charge in [-0.25, -0.2) is 4.39 Å². The van der Waals surface area contributed by atoms with E-state index in [-0.39, 0.29) is 12.8 Å². The SMILES string of the molecule is O=S(=O)(F)C1CCCC1F. The minimum Gasteiger partial charge on any atom is -0.246 e. The summed E-state index contributed by atoms with van der Waals surface area (Å²) in [6, 6.07) is 0. The molecule has 2 unspecified atom stereocenters. The maximum atomic E-state index is 12.5. The molecule has 60 valence electrons. The zero-order chi connectivity index (χ0) is 7.78. The van der Waals surface area contributed by atoms with Gasteiger partial charge < -0.3 is 0 Å². The van der Waals surface area contributed by atoms with Crippen molar-refractivity contribution in [3.05, 3.63) is 0 Å². The Morgan fingerprint density at radius 2 is 1.90 bits per heavy atom. The van der Waals surface area contributed by atoms with Crippen LogP contribution in [0.3, 0.4) is 0 Å². The van der Waals surface area contributed by atoms with Gasteiger partial charge in [-0.15, -0.1) is 3.89 Å². The lowest BCUT2D eigenvalue weighted by atomic mass is 10.3. The van der Waals surface area contributed by atoms with Crippen LogP contribution >= 0.6 is 0 Å². The molecule has 1 aliphatic rings. The Bertz CT molecular complexity index is 212. The lowest BCUT2D eigenvalue weighted by Crippen LogP contribution is -2.22. The van der Waals surface area contributed by atoms with Crippen molar-refractivity contribution in [3.8, 4) is 0 Å². The van der Waals surface area contributed by atoms with E-state index in [2.05, 4.69) is 0 Å². The molecule has 2 nitrogen and oxygen atoms in total. The van der Waals surface area contributed by atoms with E-state index in [9.17, 15) is 16.7 Å². The molecule has 2 atom stereocenters. The van der Waals surface area contributed by atoms with Crippen LogP contribution in [0.2, 0.25) is 0 Å². The third-order valence-corrected chi connectivity index (χ3v) is 2.99. The number of hydrogen-bond acceptors (Lipinski definition) is 2. The lowest BCUT2D eigenvalue weighted by molar-refractivity contribution is 0.338. The van der Waals surface area contributed by atoms with Gasteiger partial charge >= 0.3 is 10.2 Å². The largest absolute Gasteiger partial charge is 0.308 e. The van der Waals surface area contributed by atoms with Crippen molar-refractivity contribution in [2.75, 3.05) is 0 Å². The second-order valence-electron chi connectivity index (χ2n) is 2.46. The first-order valence-electron chi connectivity index (χ1n) is 3.09. The van der Waals surface area contributed by atoms with Crippen LogP contribution in [0.15, 0.2) is 0 Å². The van der Waals surface area contributed by atoms with Crippen molar-refractivity contribution in [1.82, 2.24) is 0 Å². The van der Waals surface area contributed by atoms with E-state index < -0.39 is 21.6 Å². The molecule has 0 N–H and O–H groups in total. The summed E-state index contributed by atoms with van der Waals surface area (Å²) < 4.78 is 44.8. The van der Waals surface area contributed by atoms with Gasteiger partial charge in [-0.1, -0.05) is 0 Å². The van der Waals surface area contributed by atoms with E-state index in [1.54, 1.807) is 0 Å². The highest BCUT2D eigenvalue weighted by atomic mass is 32.3. The first-order valence-corrected chi connectivity index (χ1v) is 4.54. The van der Waals surface area contributed by atoms with Crippen LogP contribution in [0.1, 0.15) is 19.3 Å². The summed E-state index contributed by atoms with van der Waals surface area (Å²) in [6.45, 7) is 0. The first-order chi connectivity index (χ1) is 4.52. The van der Waals surface area contributed by atoms with Crippen molar-refractivity contribution in [3.63, 3.8) is 0 Å². The molecule has 1 saturated carbocycles. The number of hydrogen-bond donors (Lipinski definition) is 0. The van der Waals surface area contributed by atoms with Crippen molar-refractivity contribution in [1.29, 1.82) is 0 Å². The summed E-state index contributed by atoms with van der Waals surface area (Å²) in [5.74, 6) is 0. The molecular weight excluding hydrogens is 162 g/mol. The molecule has 0 spiro atoms. The topological polar surface area (TPSA) is 34.1 Å². The molecule has 1 fully saturated rings. The summed E-state index contributed by atoms with van der Waals surface area (Å²) in [6.07, 6.45) is -0.724. The Kier molecular flexibility index (Phi) is 1.94. The van der Waals surface area contributed by atoms with Crippen LogP contribution in [-0.4, -0.2) is 19.8 Å². The Morgan fingerprint density at radius 1 is 1.30 bits per heavy atom. The number of halogens is 2. The average Bonchev–Trinajstić information content (AvgIpc) is 2.11. The van der Waals surface area contributed by atoms with Crippen LogP contribution in [0.25, 0.3) is 0 Å². The molecular formula is C5H8F2O2S. The molecule has 0 amide bonds. The monoisotopic (exact) mass is 170 g/mol. The van der Waals surface area contributed by atoms with Crippen molar-refractivity contribution < 1.29 is 16.7 Å². The highest BCUT2D eigenvalue weighted by molar-refractivity contribution is 7.87. The summed E-state index contributed by atoms with van der Waals surface area (Å²) >= 11 is 0. The number of rotatable bonds is 1. The normalized spacial score (nSPS) is 34.6. The number of alkyl halides is 1. The quantitative estimate of drug-likeness (QED) is 0.554. The lowest BCUT2D eigenvalue weighted by Gasteiger charge is -2.04. The smallest absolute Gasteiger partial charge is 0.246 e. The van der Waals surface area contributed by atoms with Gasteiger partial charge in [0, 0.05) is 0 Å². The molecule has 1 aliphatic carbocycles. The predicted octanol–water partition coefficient (Wildman–Crippen LogP) is 1.18. The van der Waals surface area contributed by atoms with Gasteiger partial charge in [-0.3, -0.25) is 0 Å². The van der Waals surface area contributed by atoms with Gasteiger partial charge in [0.05, 0.1) is 0 Å². The van der Waals surface area contributed by atoms with Crippen molar-refractivity contribution >= 4 is 10.2 Å². The van der Waals surface area contributed by atoms with Gasteiger partial charge in [0.25, 0.3) is 0 Å². The molecule has 0 bridgehead atoms. The van der Waals surface area contributed by atoms with Crippen LogP contribution in [0.4, 0.5) is 8.28 Å². The summed E-state index contributed by atoms with van der Waals surface area (Å²) in [5.41, 5.74) is 0. The fourth-order valence-electron chi connectivity index (χ4n) is 1.20. The maximum Gasteiger partial charge on any atom is 0.308 e. The molecule has 10 heavy (non-hydrogen) atoms. The standard InChI is InChI=1S/C5H8F2O2S/c6-4-2-1-3-5(4)10(7,8)9/h4-5H,1-3H2. The molecule has 0 aromatic rings. The molecule has 0 radical (unpaired) electrons. The van der Waals surface area contributed by atoms with Crippen LogP contribution < -0.4 is 0 Å². The van der Waals surface area contributed by atoms with E-state index in [0.29, 0.717) is 6.42 Å². The minimum absolute atomic E-state index is 0.125. The van der Waals surface area contributed by atoms with E-state index in [1.807, 2.05) is 0 Å². The average molecular weight is 170 g/mol. The fourth-order valence-corrected chi connectivity index (χ4v) is 2.13. The fraction of sp³-hybridized carbons (Fsp3) is 1.00. The predicted molar refractivity (Wildman–Crippen MR) is 32.6 cm³/mol. The van der Waals surface area contributed by atoms with Crippen LogP contribution in [0, 0.1) is 0 Å². The highest BCUT2D eigenvalue weighted by Gasteiger charge is 2.37. The summed E-state index contributed by atoms with van der Waals surface area (Å²) in [5, 5.41) is -1.38. The van der Waals surface area contributed by atoms with Gasteiger partial charge in [-0.05, 0) is 19.3 Å². The third kappa shape index (κ3) is 1.45. The van der Waals surface area contributed by atoms with Crippen molar-refractivity contribution in [2.24, 2.45) is 0 Å². The molecule has 0 aliphatic heterocycles. The highest BCUT2D eigenvalue weighted by Crippen LogP contribution is 2.28. The maximum absolute atomic E-state index is 12.5. The summed E-state index contributed by atoms with van der Waals surface area (Å²) in [4.78, 5) is 0. The van der Waals surface area contributed by atoms with Crippen LogP contribution in [0.5, 0.6) is 0 Å². The zero-order valence-electron chi connectivity index (χ0n) is 5.26. The Labute approximate surface area is 58.4 Å².